The summed E-state index contributed by atoms with van der Waals surface area (Å²) in [5, 5.41) is 13.4. The number of hydrogen-bond donors (Lipinski definition) is 1. The molecule has 6 rings (SSSR count). The Labute approximate surface area is 298 Å². The molecular weight excluding hydrogens is 722 g/mol. The lowest BCUT2D eigenvalue weighted by molar-refractivity contribution is 0.397. The first kappa shape index (κ1) is 34.5. The zero-order chi connectivity index (χ0) is 35.3. The molecule has 0 aliphatic carbocycles. The van der Waals surface area contributed by atoms with Gasteiger partial charge in [-0.15, -0.1) is 10.2 Å². The molecule has 0 aliphatic heterocycles. The molecule has 50 heavy (non-hydrogen) atoms. The summed E-state index contributed by atoms with van der Waals surface area (Å²) in [5.74, 6) is 2.50. The summed E-state index contributed by atoms with van der Waals surface area (Å²) in [5.41, 5.74) is 9.78. The second kappa shape index (κ2) is 15.1. The van der Waals surface area contributed by atoms with Crippen LogP contribution in [0, 0.1) is 0 Å². The van der Waals surface area contributed by atoms with Crippen LogP contribution in [0.4, 0.5) is 5.82 Å². The van der Waals surface area contributed by atoms with E-state index < -0.39 is 10.0 Å². The number of rotatable bonds is 13. The van der Waals surface area contributed by atoms with Gasteiger partial charge in [-0.2, -0.15) is 9.10 Å². The van der Waals surface area contributed by atoms with Gasteiger partial charge in [0.15, 0.2) is 0 Å². The summed E-state index contributed by atoms with van der Waals surface area (Å²) < 4.78 is 47.9. The Bertz CT molecular complexity index is 2130. The van der Waals surface area contributed by atoms with Crippen LogP contribution in [-0.4, -0.2) is 59.2 Å². The molecule has 2 heterocycles. The molecule has 0 fully saturated rings. The minimum Gasteiger partial charge on any atom is -0.497 e. The number of hydrogen-bond acceptors (Lipinski definition) is 10. The molecule has 12 nitrogen and oxygen atoms in total. The van der Waals surface area contributed by atoms with Crippen LogP contribution in [0.5, 0.6) is 17.2 Å². The number of nitrogens with two attached hydrogens (primary N) is 1. The zero-order valence-corrected chi connectivity index (χ0v) is 29.9. The molecule has 4 aromatic carbocycles. The number of nitrogen functional groups attached to an aromatic ring is 1. The van der Waals surface area contributed by atoms with Crippen molar-refractivity contribution in [3.8, 4) is 39.8 Å². The highest BCUT2D eigenvalue weighted by Gasteiger charge is 2.34. The van der Waals surface area contributed by atoms with Gasteiger partial charge in [-0.1, -0.05) is 42.5 Å². The lowest BCUT2D eigenvalue weighted by Crippen LogP contribution is -2.31. The van der Waals surface area contributed by atoms with Crippen LogP contribution in [0.1, 0.15) is 16.7 Å². The number of pyridine rings is 1. The molecule has 256 valence electrons. The Balaban J connectivity index is 1.49. The molecule has 2 N–H and O–H groups in total. The predicted octanol–water partition coefficient (Wildman–Crippen LogP) is 6.21. The van der Waals surface area contributed by atoms with E-state index in [-0.39, 0.29) is 29.4 Å². The lowest BCUT2D eigenvalue weighted by atomic mass is 10.0. The van der Waals surface area contributed by atoms with Crippen molar-refractivity contribution in [1.29, 1.82) is 0 Å². The summed E-state index contributed by atoms with van der Waals surface area (Å²) in [7, 11) is 0.483. The molecule has 0 amide bonds. The van der Waals surface area contributed by atoms with Gasteiger partial charge >= 0.3 is 0 Å². The number of benzene rings is 4. The van der Waals surface area contributed by atoms with Gasteiger partial charge in [0.25, 0.3) is 0 Å². The minimum absolute atomic E-state index is 0.0159. The standard InChI is InChI=1S/C36H34BrN7O5S/c1-47-28-11-4-24(5-12-28)21-43(22-25-6-13-29(48-2)14-7-25)50(45,46)35-32(37)18-17-31(27-10-19-33(38)39-20-27)34(35)36-40-42-44(41-36)23-26-8-15-30(49-3)16-9-26/h4-20H,21-23H2,1-3H3,(H2,38,39). The maximum Gasteiger partial charge on any atom is 0.245 e. The van der Waals surface area contributed by atoms with Gasteiger partial charge < -0.3 is 19.9 Å². The van der Waals surface area contributed by atoms with Crippen molar-refractivity contribution in [1.82, 2.24) is 29.5 Å². The van der Waals surface area contributed by atoms with Crippen molar-refractivity contribution >= 4 is 31.8 Å². The fraction of sp³-hybridized carbons (Fsp3) is 0.167. The SMILES string of the molecule is COc1ccc(CN(Cc2ccc(OC)cc2)S(=O)(=O)c2c(Br)ccc(-c3ccc(N)nc3)c2-c2nnn(Cc3ccc(OC)cc3)n2)cc1. The number of tetrazole rings is 1. The lowest BCUT2D eigenvalue weighted by Gasteiger charge is -2.25. The minimum atomic E-state index is -4.29. The van der Waals surface area contributed by atoms with Gasteiger partial charge in [0.1, 0.15) is 28.0 Å². The summed E-state index contributed by atoms with van der Waals surface area (Å²) in [6, 6.07) is 29.0. The monoisotopic (exact) mass is 755 g/mol. The van der Waals surface area contributed by atoms with Crippen LogP contribution in [0.15, 0.2) is 113 Å². The fourth-order valence-electron chi connectivity index (χ4n) is 5.37. The smallest absolute Gasteiger partial charge is 0.245 e. The van der Waals surface area contributed by atoms with E-state index in [1.54, 1.807) is 76.1 Å². The molecule has 0 unspecified atom stereocenters. The van der Waals surface area contributed by atoms with E-state index in [1.165, 1.54) is 9.10 Å². The Morgan fingerprint density at radius 3 is 1.78 bits per heavy atom. The highest BCUT2D eigenvalue weighted by molar-refractivity contribution is 9.10. The third kappa shape index (κ3) is 7.62. The van der Waals surface area contributed by atoms with E-state index in [9.17, 15) is 0 Å². The van der Waals surface area contributed by atoms with Crippen LogP contribution in [0.2, 0.25) is 0 Å². The summed E-state index contributed by atoms with van der Waals surface area (Å²) in [4.78, 5) is 5.68. The highest BCUT2D eigenvalue weighted by atomic mass is 79.9. The number of anilines is 1. The van der Waals surface area contributed by atoms with Crippen molar-refractivity contribution in [3.63, 3.8) is 0 Å². The topological polar surface area (TPSA) is 148 Å². The average molecular weight is 757 g/mol. The van der Waals surface area contributed by atoms with E-state index in [1.807, 2.05) is 48.5 Å². The second-order valence-corrected chi connectivity index (χ2v) is 14.0. The van der Waals surface area contributed by atoms with Crippen molar-refractivity contribution in [2.45, 2.75) is 24.5 Å². The van der Waals surface area contributed by atoms with E-state index in [4.69, 9.17) is 19.9 Å². The van der Waals surface area contributed by atoms with E-state index >= 15 is 8.42 Å². The summed E-state index contributed by atoms with van der Waals surface area (Å²) in [6.07, 6.45) is 1.59. The molecule has 0 saturated heterocycles. The molecule has 0 aliphatic rings. The number of ether oxygens (including phenoxy) is 3. The van der Waals surface area contributed by atoms with Crippen molar-refractivity contribution in [3.05, 3.63) is 124 Å². The van der Waals surface area contributed by atoms with Crippen molar-refractivity contribution < 1.29 is 22.6 Å². The molecule has 6 aromatic rings. The van der Waals surface area contributed by atoms with Crippen molar-refractivity contribution in [2.75, 3.05) is 27.1 Å². The van der Waals surface area contributed by atoms with E-state index in [2.05, 4.69) is 36.3 Å². The van der Waals surface area contributed by atoms with Gasteiger partial charge in [-0.25, -0.2) is 13.4 Å². The fourth-order valence-corrected chi connectivity index (χ4v) is 7.98. The van der Waals surface area contributed by atoms with Crippen LogP contribution < -0.4 is 19.9 Å². The van der Waals surface area contributed by atoms with Gasteiger partial charge in [0.2, 0.25) is 15.8 Å². The van der Waals surface area contributed by atoms with Crippen LogP contribution in [0.25, 0.3) is 22.5 Å². The number of halogens is 1. The molecule has 0 saturated carbocycles. The van der Waals surface area contributed by atoms with Gasteiger partial charge in [0.05, 0.1) is 33.4 Å². The third-order valence-electron chi connectivity index (χ3n) is 8.00. The third-order valence-corrected chi connectivity index (χ3v) is 10.8. The molecule has 2 aromatic heterocycles. The molecule has 0 spiro atoms. The van der Waals surface area contributed by atoms with Crippen LogP contribution >= 0.6 is 15.9 Å². The van der Waals surface area contributed by atoms with Gasteiger partial charge in [-0.05, 0) is 98.0 Å². The van der Waals surface area contributed by atoms with Crippen molar-refractivity contribution in [2.24, 2.45) is 0 Å². The molecule has 0 radical (unpaired) electrons. The number of nitrogens with zero attached hydrogens (tertiary/aromatic N) is 6. The summed E-state index contributed by atoms with van der Waals surface area (Å²) in [6.45, 7) is 0.428. The molecule has 0 atom stereocenters. The summed E-state index contributed by atoms with van der Waals surface area (Å²) >= 11 is 3.58. The van der Waals surface area contributed by atoms with E-state index in [0.29, 0.717) is 39.5 Å². The van der Waals surface area contributed by atoms with Crippen LogP contribution in [0.3, 0.4) is 0 Å². The van der Waals surface area contributed by atoms with E-state index in [0.717, 1.165) is 22.4 Å². The maximum absolute atomic E-state index is 15.1. The van der Waals surface area contributed by atoms with Crippen LogP contribution in [-0.2, 0) is 29.7 Å². The van der Waals surface area contributed by atoms with Gasteiger partial charge in [-0.3, -0.25) is 0 Å². The Kier molecular flexibility index (Phi) is 10.4. The highest BCUT2D eigenvalue weighted by Crippen LogP contribution is 2.41. The molecule has 14 heteroatoms. The first-order chi connectivity index (χ1) is 24.2. The molecule has 0 bridgehead atoms. The molecular formula is C36H34BrN7O5S. The normalized spacial score (nSPS) is 11.5. The first-order valence-corrected chi connectivity index (χ1v) is 17.6. The Morgan fingerprint density at radius 1 is 0.740 bits per heavy atom. The predicted molar refractivity (Wildman–Crippen MR) is 193 cm³/mol. The number of sulfonamides is 1. The number of methoxy groups -OCH3 is 3. The second-order valence-electron chi connectivity index (χ2n) is 11.2. The number of aromatic nitrogens is 5. The quantitative estimate of drug-likeness (QED) is 0.144. The Morgan fingerprint density at radius 2 is 1.28 bits per heavy atom. The largest absolute Gasteiger partial charge is 0.497 e. The Hall–Kier alpha value is -5.31. The first-order valence-electron chi connectivity index (χ1n) is 15.4. The van der Waals surface area contributed by atoms with Gasteiger partial charge in [0, 0.05) is 29.3 Å². The average Bonchev–Trinajstić information content (AvgIpc) is 3.60. The maximum atomic E-state index is 15.1. The zero-order valence-electron chi connectivity index (χ0n) is 27.5.